The smallest absolute Gasteiger partial charge is 0.146 e. The van der Waals surface area contributed by atoms with E-state index in [2.05, 4.69) is 6.92 Å². The zero-order valence-corrected chi connectivity index (χ0v) is 10.4. The molecular weight excluding hydrogens is 208 g/mol. The molecule has 17 heavy (non-hydrogen) atoms. The molecule has 0 aliphatic rings. The summed E-state index contributed by atoms with van der Waals surface area (Å²) in [5.41, 5.74) is 2.04. The molecule has 0 atom stereocenters. The minimum atomic E-state index is 0.880. The summed E-state index contributed by atoms with van der Waals surface area (Å²) in [6, 6.07) is 10.1. The van der Waals surface area contributed by atoms with Crippen molar-refractivity contribution in [3.8, 4) is 0 Å². The van der Waals surface area contributed by atoms with E-state index >= 15 is 0 Å². The van der Waals surface area contributed by atoms with E-state index in [1.165, 1.54) is 12.8 Å². The Morgan fingerprint density at radius 3 is 2.59 bits per heavy atom. The van der Waals surface area contributed by atoms with Crippen molar-refractivity contribution in [1.82, 2.24) is 0 Å². The zero-order valence-electron chi connectivity index (χ0n) is 10.4. The Kier molecular flexibility index (Phi) is 6.73. The highest BCUT2D eigenvalue weighted by Crippen LogP contribution is 2.08. The van der Waals surface area contributed by atoms with Crippen LogP contribution in [-0.4, -0.2) is 6.29 Å². The molecule has 0 N–H and O–H groups in total. The lowest BCUT2D eigenvalue weighted by Gasteiger charge is -1.97. The van der Waals surface area contributed by atoms with E-state index in [4.69, 9.17) is 0 Å². The van der Waals surface area contributed by atoms with Crippen molar-refractivity contribution in [2.24, 2.45) is 0 Å². The van der Waals surface area contributed by atoms with Crippen LogP contribution >= 0.6 is 0 Å². The van der Waals surface area contributed by atoms with Gasteiger partial charge in [0.2, 0.25) is 0 Å². The van der Waals surface area contributed by atoms with Crippen molar-refractivity contribution < 1.29 is 4.79 Å². The molecule has 0 aliphatic heterocycles. The normalized spacial score (nSPS) is 11.9. The number of hydrogen-bond donors (Lipinski definition) is 0. The standard InChI is InChI=1S/C16H20O/c1-2-3-5-11-16(14-17)13-8-12-15-9-6-4-7-10-15/h4,6-10,12-14H,2-3,5,11H2,1H3/b12-8+,16-13+. The second kappa shape index (κ2) is 8.51. The number of hydrogen-bond acceptors (Lipinski definition) is 1. The minimum absolute atomic E-state index is 0.880. The molecule has 0 unspecified atom stereocenters. The molecule has 1 rings (SSSR count). The van der Waals surface area contributed by atoms with Crippen molar-refractivity contribution >= 4 is 12.4 Å². The van der Waals surface area contributed by atoms with Gasteiger partial charge < -0.3 is 0 Å². The van der Waals surface area contributed by atoms with E-state index in [1.807, 2.05) is 48.6 Å². The minimum Gasteiger partial charge on any atom is -0.298 e. The van der Waals surface area contributed by atoms with Crippen molar-refractivity contribution in [3.63, 3.8) is 0 Å². The van der Waals surface area contributed by atoms with Gasteiger partial charge in [0, 0.05) is 0 Å². The average Bonchev–Trinajstić information content (AvgIpc) is 2.38. The highest BCUT2D eigenvalue weighted by molar-refractivity contribution is 5.74. The molecule has 0 saturated heterocycles. The fourth-order valence-corrected chi connectivity index (χ4v) is 1.61. The average molecular weight is 228 g/mol. The summed E-state index contributed by atoms with van der Waals surface area (Å²) < 4.78 is 0. The molecule has 0 aromatic heterocycles. The van der Waals surface area contributed by atoms with Crippen LogP contribution in [-0.2, 0) is 4.79 Å². The van der Waals surface area contributed by atoms with Crippen LogP contribution in [0.3, 0.4) is 0 Å². The first-order valence-corrected chi connectivity index (χ1v) is 6.24. The Morgan fingerprint density at radius 2 is 1.94 bits per heavy atom. The number of carbonyl (C=O) groups is 1. The monoisotopic (exact) mass is 228 g/mol. The number of unbranched alkanes of at least 4 members (excludes halogenated alkanes) is 2. The SMILES string of the molecule is CCCCC/C(C=O)=C\C=C\c1ccccc1. The third-order valence-corrected chi connectivity index (χ3v) is 2.62. The maximum atomic E-state index is 10.8. The Balaban J connectivity index is 2.49. The fraction of sp³-hybridized carbons (Fsp3) is 0.312. The maximum Gasteiger partial charge on any atom is 0.146 e. The number of rotatable bonds is 7. The van der Waals surface area contributed by atoms with Gasteiger partial charge in [-0.1, -0.05) is 68.3 Å². The third kappa shape index (κ3) is 5.86. The molecule has 0 fully saturated rings. The molecule has 0 aliphatic carbocycles. The second-order valence-electron chi connectivity index (χ2n) is 4.09. The molecule has 0 radical (unpaired) electrons. The van der Waals surface area contributed by atoms with Gasteiger partial charge in [0.25, 0.3) is 0 Å². The lowest BCUT2D eigenvalue weighted by molar-refractivity contribution is -0.105. The van der Waals surface area contributed by atoms with Crippen LogP contribution in [0.5, 0.6) is 0 Å². The molecule has 0 bridgehead atoms. The summed E-state index contributed by atoms with van der Waals surface area (Å²) >= 11 is 0. The first-order valence-electron chi connectivity index (χ1n) is 6.24. The number of carbonyl (C=O) groups excluding carboxylic acids is 1. The van der Waals surface area contributed by atoms with Crippen molar-refractivity contribution in [1.29, 1.82) is 0 Å². The fourth-order valence-electron chi connectivity index (χ4n) is 1.61. The molecule has 1 heteroatoms. The summed E-state index contributed by atoms with van der Waals surface area (Å²) in [5.74, 6) is 0. The molecule has 90 valence electrons. The predicted molar refractivity (Wildman–Crippen MR) is 73.8 cm³/mol. The van der Waals surface area contributed by atoms with Crippen molar-refractivity contribution in [3.05, 3.63) is 53.6 Å². The van der Waals surface area contributed by atoms with E-state index < -0.39 is 0 Å². The van der Waals surface area contributed by atoms with E-state index in [-0.39, 0.29) is 0 Å². The van der Waals surface area contributed by atoms with Crippen molar-refractivity contribution in [2.45, 2.75) is 32.6 Å². The lowest BCUT2D eigenvalue weighted by atomic mass is 10.1. The van der Waals surface area contributed by atoms with Crippen LogP contribution in [0.15, 0.2) is 48.1 Å². The van der Waals surface area contributed by atoms with Crippen LogP contribution in [0.4, 0.5) is 0 Å². The second-order valence-corrected chi connectivity index (χ2v) is 4.09. The van der Waals surface area contributed by atoms with Gasteiger partial charge in [-0.3, -0.25) is 4.79 Å². The van der Waals surface area contributed by atoms with Crippen LogP contribution in [0.2, 0.25) is 0 Å². The zero-order chi connectivity index (χ0) is 12.3. The van der Waals surface area contributed by atoms with Gasteiger partial charge in [-0.2, -0.15) is 0 Å². The Bertz CT molecular complexity index is 374. The molecule has 0 heterocycles. The molecule has 0 saturated carbocycles. The highest BCUT2D eigenvalue weighted by atomic mass is 16.1. The number of benzene rings is 1. The highest BCUT2D eigenvalue weighted by Gasteiger charge is 1.93. The Morgan fingerprint density at radius 1 is 1.18 bits per heavy atom. The quantitative estimate of drug-likeness (QED) is 0.292. The Hall–Kier alpha value is -1.63. The summed E-state index contributed by atoms with van der Waals surface area (Å²) in [5, 5.41) is 0. The first kappa shape index (κ1) is 13.4. The number of aldehydes is 1. The summed E-state index contributed by atoms with van der Waals surface area (Å²) in [7, 11) is 0. The Labute approximate surface area is 104 Å². The van der Waals surface area contributed by atoms with Gasteiger partial charge in [0.05, 0.1) is 0 Å². The van der Waals surface area contributed by atoms with E-state index in [1.54, 1.807) is 0 Å². The summed E-state index contributed by atoms with van der Waals surface area (Å²) in [4.78, 5) is 10.8. The summed E-state index contributed by atoms with van der Waals surface area (Å²) in [6.45, 7) is 2.17. The van der Waals surface area contributed by atoms with Gasteiger partial charge in [-0.05, 0) is 24.0 Å². The molecule has 1 aromatic rings. The maximum absolute atomic E-state index is 10.8. The lowest BCUT2D eigenvalue weighted by Crippen LogP contribution is -1.84. The predicted octanol–water partition coefficient (Wildman–Crippen LogP) is 4.41. The molecule has 1 nitrogen and oxygen atoms in total. The third-order valence-electron chi connectivity index (χ3n) is 2.62. The topological polar surface area (TPSA) is 17.1 Å². The van der Waals surface area contributed by atoms with E-state index in [0.29, 0.717) is 0 Å². The van der Waals surface area contributed by atoms with Gasteiger partial charge >= 0.3 is 0 Å². The molecule has 0 spiro atoms. The van der Waals surface area contributed by atoms with E-state index in [0.717, 1.165) is 30.3 Å². The van der Waals surface area contributed by atoms with Crippen LogP contribution in [0.1, 0.15) is 38.2 Å². The van der Waals surface area contributed by atoms with Crippen LogP contribution in [0, 0.1) is 0 Å². The summed E-state index contributed by atoms with van der Waals surface area (Å²) in [6.07, 6.45) is 11.2. The van der Waals surface area contributed by atoms with Crippen molar-refractivity contribution in [2.75, 3.05) is 0 Å². The largest absolute Gasteiger partial charge is 0.298 e. The van der Waals surface area contributed by atoms with Gasteiger partial charge in [-0.15, -0.1) is 0 Å². The first-order chi connectivity index (χ1) is 8.36. The molecule has 0 amide bonds. The van der Waals surface area contributed by atoms with Crippen LogP contribution in [0.25, 0.3) is 6.08 Å². The van der Waals surface area contributed by atoms with Gasteiger partial charge in [0.15, 0.2) is 0 Å². The molecular formula is C16H20O. The van der Waals surface area contributed by atoms with Crippen LogP contribution < -0.4 is 0 Å². The number of allylic oxidation sites excluding steroid dienone is 3. The molecule has 1 aromatic carbocycles. The van der Waals surface area contributed by atoms with E-state index in [9.17, 15) is 4.79 Å². The van der Waals surface area contributed by atoms with Gasteiger partial charge in [0.1, 0.15) is 6.29 Å². The van der Waals surface area contributed by atoms with Gasteiger partial charge in [-0.25, -0.2) is 0 Å².